The standard InChI is InChI=1S/C22H24N2O6/c1-13-19(22(26)30-12-16-4-3-11-29-16)20(14-7-9-15(10-8-14)24(27)28)21-17(23-13)5-2-6-18(21)25/h7-10,16,19-20H,2-6,11-12H2,1H3/t16-,19?,20-/m0/s1. The lowest BCUT2D eigenvalue weighted by Gasteiger charge is -2.34. The fourth-order valence-electron chi connectivity index (χ4n) is 4.52. The van der Waals surface area contributed by atoms with Crippen molar-refractivity contribution in [2.45, 2.75) is 51.0 Å². The van der Waals surface area contributed by atoms with Crippen molar-refractivity contribution in [1.82, 2.24) is 0 Å². The third-order valence-corrected chi connectivity index (χ3v) is 5.99. The van der Waals surface area contributed by atoms with Gasteiger partial charge in [-0.3, -0.25) is 24.7 Å². The molecule has 158 valence electrons. The van der Waals surface area contributed by atoms with E-state index < -0.39 is 22.7 Å². The van der Waals surface area contributed by atoms with Crippen LogP contribution >= 0.6 is 0 Å². The molecule has 3 atom stereocenters. The van der Waals surface area contributed by atoms with Gasteiger partial charge in [0.1, 0.15) is 12.5 Å². The number of carbonyl (C=O) groups is 2. The van der Waals surface area contributed by atoms with E-state index in [1.54, 1.807) is 19.1 Å². The van der Waals surface area contributed by atoms with E-state index >= 15 is 0 Å². The monoisotopic (exact) mass is 412 g/mol. The van der Waals surface area contributed by atoms with E-state index in [0.717, 1.165) is 25.0 Å². The number of nitro benzene ring substituents is 1. The van der Waals surface area contributed by atoms with E-state index in [9.17, 15) is 19.7 Å². The zero-order valence-corrected chi connectivity index (χ0v) is 16.8. The lowest BCUT2D eigenvalue weighted by Crippen LogP contribution is -2.38. The summed E-state index contributed by atoms with van der Waals surface area (Å²) in [7, 11) is 0. The Balaban J connectivity index is 1.68. The Kier molecular flexibility index (Phi) is 5.76. The SMILES string of the molecule is CC1=NC2=C(C(=O)CCC2)[C@@H](c2ccc([N+](=O)[O-])cc2)C1C(=O)OC[C@@H]1CCCO1. The van der Waals surface area contributed by atoms with Gasteiger partial charge < -0.3 is 9.47 Å². The predicted octanol–water partition coefficient (Wildman–Crippen LogP) is 3.50. The predicted molar refractivity (Wildman–Crippen MR) is 108 cm³/mol. The van der Waals surface area contributed by atoms with Gasteiger partial charge in [-0.05, 0) is 38.2 Å². The Morgan fingerprint density at radius 1 is 1.27 bits per heavy atom. The van der Waals surface area contributed by atoms with Gasteiger partial charge in [0.2, 0.25) is 0 Å². The van der Waals surface area contributed by atoms with Gasteiger partial charge in [0.15, 0.2) is 5.78 Å². The first kappa shape index (κ1) is 20.4. The number of Topliss-reactive ketones (excluding diaryl/α,β-unsaturated/α-hetero) is 1. The van der Waals surface area contributed by atoms with Crippen molar-refractivity contribution in [3.8, 4) is 0 Å². The highest BCUT2D eigenvalue weighted by Crippen LogP contribution is 2.43. The summed E-state index contributed by atoms with van der Waals surface area (Å²) in [5.41, 5.74) is 2.50. The zero-order valence-electron chi connectivity index (χ0n) is 16.8. The van der Waals surface area contributed by atoms with Crippen LogP contribution in [0.25, 0.3) is 0 Å². The number of hydrogen-bond acceptors (Lipinski definition) is 7. The molecule has 0 amide bonds. The maximum atomic E-state index is 13.1. The highest BCUT2D eigenvalue weighted by molar-refractivity contribution is 6.08. The fourth-order valence-corrected chi connectivity index (χ4v) is 4.52. The lowest BCUT2D eigenvalue weighted by molar-refractivity contribution is -0.384. The highest BCUT2D eigenvalue weighted by Gasteiger charge is 2.43. The Bertz CT molecular complexity index is 927. The molecule has 4 rings (SSSR count). The van der Waals surface area contributed by atoms with Crippen molar-refractivity contribution in [3.05, 3.63) is 51.2 Å². The Morgan fingerprint density at radius 2 is 2.03 bits per heavy atom. The number of allylic oxidation sites excluding steroid dienone is 2. The average molecular weight is 412 g/mol. The van der Waals surface area contributed by atoms with Gasteiger partial charge in [-0.2, -0.15) is 0 Å². The van der Waals surface area contributed by atoms with E-state index in [0.29, 0.717) is 36.3 Å². The number of nitrogens with zero attached hydrogens (tertiary/aromatic N) is 2. The molecular formula is C22H24N2O6. The molecule has 2 heterocycles. The van der Waals surface area contributed by atoms with Crippen LogP contribution in [0.15, 0.2) is 40.5 Å². The number of esters is 1. The van der Waals surface area contributed by atoms with Gasteiger partial charge >= 0.3 is 5.97 Å². The summed E-state index contributed by atoms with van der Waals surface area (Å²) in [5, 5.41) is 11.0. The van der Waals surface area contributed by atoms with Gasteiger partial charge in [0.25, 0.3) is 5.69 Å². The van der Waals surface area contributed by atoms with Crippen LogP contribution in [0.1, 0.15) is 50.5 Å². The summed E-state index contributed by atoms with van der Waals surface area (Å²) >= 11 is 0. The molecule has 1 fully saturated rings. The van der Waals surface area contributed by atoms with Crippen LogP contribution in [0.5, 0.6) is 0 Å². The number of ketones is 1. The first-order valence-corrected chi connectivity index (χ1v) is 10.3. The highest BCUT2D eigenvalue weighted by atomic mass is 16.6. The van der Waals surface area contributed by atoms with Crippen LogP contribution in [-0.2, 0) is 19.1 Å². The minimum atomic E-state index is -0.742. The molecule has 3 aliphatic rings. The Labute approximate surface area is 174 Å². The molecule has 8 heteroatoms. The third kappa shape index (κ3) is 3.92. The van der Waals surface area contributed by atoms with Gasteiger partial charge in [0.05, 0.1) is 11.0 Å². The molecule has 8 nitrogen and oxygen atoms in total. The minimum absolute atomic E-state index is 0.0206. The third-order valence-electron chi connectivity index (χ3n) is 5.99. The maximum absolute atomic E-state index is 13.1. The smallest absolute Gasteiger partial charge is 0.315 e. The fraction of sp³-hybridized carbons (Fsp3) is 0.500. The Morgan fingerprint density at radius 3 is 2.70 bits per heavy atom. The second kappa shape index (κ2) is 8.47. The zero-order chi connectivity index (χ0) is 21.3. The number of aliphatic imine (C=N–C) groups is 1. The molecule has 0 N–H and O–H groups in total. The van der Waals surface area contributed by atoms with Crippen molar-refractivity contribution in [3.63, 3.8) is 0 Å². The molecule has 0 radical (unpaired) electrons. The van der Waals surface area contributed by atoms with Gasteiger partial charge in [-0.1, -0.05) is 12.1 Å². The summed E-state index contributed by atoms with van der Waals surface area (Å²) in [4.78, 5) is 41.1. The molecule has 1 aromatic rings. The van der Waals surface area contributed by atoms with Crippen molar-refractivity contribution in [2.75, 3.05) is 13.2 Å². The molecular weight excluding hydrogens is 388 g/mol. The Hall–Kier alpha value is -2.87. The number of carbonyl (C=O) groups excluding carboxylic acids is 2. The first-order chi connectivity index (χ1) is 14.5. The molecule has 0 aromatic heterocycles. The van der Waals surface area contributed by atoms with E-state index in [2.05, 4.69) is 4.99 Å². The molecule has 30 heavy (non-hydrogen) atoms. The summed E-state index contributed by atoms with van der Waals surface area (Å²) in [6.07, 6.45) is 3.52. The van der Waals surface area contributed by atoms with Crippen LogP contribution in [0.2, 0.25) is 0 Å². The first-order valence-electron chi connectivity index (χ1n) is 10.3. The van der Waals surface area contributed by atoms with E-state index in [1.165, 1.54) is 12.1 Å². The summed E-state index contributed by atoms with van der Waals surface area (Å²) in [6.45, 7) is 2.62. The molecule has 0 spiro atoms. The molecule has 1 unspecified atom stereocenters. The number of ether oxygens (including phenoxy) is 2. The van der Waals surface area contributed by atoms with E-state index in [-0.39, 0.29) is 24.2 Å². The normalized spacial score (nSPS) is 26.2. The lowest BCUT2D eigenvalue weighted by atomic mass is 9.72. The number of rotatable bonds is 5. The molecule has 0 saturated carbocycles. The average Bonchev–Trinajstić information content (AvgIpc) is 3.25. The van der Waals surface area contributed by atoms with Crippen LogP contribution in [-0.4, -0.2) is 41.7 Å². The van der Waals surface area contributed by atoms with Crippen LogP contribution in [0.3, 0.4) is 0 Å². The molecule has 2 aliphatic heterocycles. The van der Waals surface area contributed by atoms with Gasteiger partial charge in [-0.15, -0.1) is 0 Å². The second-order valence-electron chi connectivity index (χ2n) is 7.96. The molecule has 1 aliphatic carbocycles. The molecule has 1 aromatic carbocycles. The van der Waals surface area contributed by atoms with Crippen molar-refractivity contribution >= 4 is 23.2 Å². The van der Waals surface area contributed by atoms with Crippen LogP contribution in [0, 0.1) is 16.0 Å². The van der Waals surface area contributed by atoms with Crippen molar-refractivity contribution in [1.29, 1.82) is 0 Å². The minimum Gasteiger partial charge on any atom is -0.462 e. The van der Waals surface area contributed by atoms with Gasteiger partial charge in [-0.25, -0.2) is 0 Å². The number of hydrogen-bond donors (Lipinski definition) is 0. The molecule has 1 saturated heterocycles. The number of nitro groups is 1. The maximum Gasteiger partial charge on any atom is 0.315 e. The topological polar surface area (TPSA) is 108 Å². The van der Waals surface area contributed by atoms with Crippen LogP contribution in [0.4, 0.5) is 5.69 Å². The van der Waals surface area contributed by atoms with E-state index in [4.69, 9.17) is 9.47 Å². The van der Waals surface area contributed by atoms with Crippen molar-refractivity contribution in [2.24, 2.45) is 10.9 Å². The summed E-state index contributed by atoms with van der Waals surface area (Å²) < 4.78 is 11.1. The summed E-state index contributed by atoms with van der Waals surface area (Å²) in [6, 6.07) is 6.04. The molecule has 0 bridgehead atoms. The number of non-ortho nitro benzene ring substituents is 1. The summed E-state index contributed by atoms with van der Waals surface area (Å²) in [5.74, 6) is -1.76. The van der Waals surface area contributed by atoms with Gasteiger partial charge in [0, 0.05) is 48.1 Å². The van der Waals surface area contributed by atoms with Crippen LogP contribution < -0.4 is 0 Å². The van der Waals surface area contributed by atoms with Crippen molar-refractivity contribution < 1.29 is 24.0 Å². The largest absolute Gasteiger partial charge is 0.462 e. The van der Waals surface area contributed by atoms with E-state index in [1.807, 2.05) is 0 Å². The quantitative estimate of drug-likeness (QED) is 0.416. The number of benzene rings is 1. The second-order valence-corrected chi connectivity index (χ2v) is 7.96.